The van der Waals surface area contributed by atoms with Crippen molar-refractivity contribution in [3.63, 3.8) is 0 Å². The van der Waals surface area contributed by atoms with Crippen molar-refractivity contribution in [3.05, 3.63) is 44.3 Å². The van der Waals surface area contributed by atoms with Gasteiger partial charge in [0, 0.05) is 18.6 Å². The average molecular weight is 367 g/mol. The fourth-order valence-electron chi connectivity index (χ4n) is 2.25. The van der Waals surface area contributed by atoms with Gasteiger partial charge in [0.25, 0.3) is 5.56 Å². The number of nitrogens with zero attached hydrogens (tertiary/aromatic N) is 2. The van der Waals surface area contributed by atoms with Gasteiger partial charge in [-0.25, -0.2) is 10.4 Å². The van der Waals surface area contributed by atoms with Crippen LogP contribution < -0.4 is 20.5 Å². The van der Waals surface area contributed by atoms with E-state index >= 15 is 0 Å². The largest absolute Gasteiger partial charge is 0.493 e. The first-order valence-electron chi connectivity index (χ1n) is 7.41. The Kier molecular flexibility index (Phi) is 6.37. The Morgan fingerprint density at radius 3 is 2.76 bits per heavy atom. The van der Waals surface area contributed by atoms with Gasteiger partial charge in [0.2, 0.25) is 5.95 Å². The lowest BCUT2D eigenvalue weighted by Crippen LogP contribution is -2.19. The van der Waals surface area contributed by atoms with Gasteiger partial charge >= 0.3 is 0 Å². The number of aryl methyl sites for hydroxylation is 1. The second-order valence-corrected chi connectivity index (χ2v) is 5.47. The van der Waals surface area contributed by atoms with E-state index in [1.807, 2.05) is 0 Å². The van der Waals surface area contributed by atoms with Gasteiger partial charge in [-0.15, -0.1) is 0 Å². The van der Waals surface area contributed by atoms with Crippen LogP contribution in [0.15, 0.2) is 22.0 Å². The minimum absolute atomic E-state index is 0.114. The molecule has 1 aromatic heterocycles. The summed E-state index contributed by atoms with van der Waals surface area (Å²) in [7, 11) is 3.02. The van der Waals surface area contributed by atoms with E-state index in [0.717, 1.165) is 0 Å². The molecule has 0 saturated carbocycles. The van der Waals surface area contributed by atoms with Gasteiger partial charge in [-0.3, -0.25) is 9.78 Å². The van der Waals surface area contributed by atoms with Crippen molar-refractivity contribution in [3.8, 4) is 11.5 Å². The molecule has 0 unspecified atom stereocenters. The van der Waals surface area contributed by atoms with Crippen molar-refractivity contribution in [2.24, 2.45) is 5.10 Å². The van der Waals surface area contributed by atoms with E-state index in [-0.39, 0.29) is 24.5 Å². The maximum atomic E-state index is 11.9. The van der Waals surface area contributed by atoms with Crippen LogP contribution in [-0.2, 0) is 6.42 Å². The molecule has 0 fully saturated rings. The molecule has 0 aliphatic carbocycles. The first kappa shape index (κ1) is 18.8. The smallest absolute Gasteiger partial charge is 0.255 e. The molecule has 8 nitrogen and oxygen atoms in total. The molecule has 0 spiro atoms. The van der Waals surface area contributed by atoms with Crippen molar-refractivity contribution in [2.75, 3.05) is 26.3 Å². The number of benzene rings is 1. The quantitative estimate of drug-likeness (QED) is 0.508. The number of anilines is 1. The molecule has 3 N–H and O–H groups in total. The Labute approximate surface area is 149 Å². The highest BCUT2D eigenvalue weighted by Crippen LogP contribution is 2.35. The number of ether oxygens (including phenoxy) is 2. The van der Waals surface area contributed by atoms with Crippen LogP contribution in [0, 0.1) is 6.92 Å². The van der Waals surface area contributed by atoms with Gasteiger partial charge in [-0.05, 0) is 24.6 Å². The van der Waals surface area contributed by atoms with E-state index in [1.54, 1.807) is 19.1 Å². The number of methoxy groups -OCH3 is 2. The second-order valence-electron chi connectivity index (χ2n) is 5.06. The van der Waals surface area contributed by atoms with Crippen molar-refractivity contribution in [1.29, 1.82) is 0 Å². The summed E-state index contributed by atoms with van der Waals surface area (Å²) in [5, 5.41) is 13.4. The molecule has 25 heavy (non-hydrogen) atoms. The summed E-state index contributed by atoms with van der Waals surface area (Å²) in [4.78, 5) is 18.7. The summed E-state index contributed by atoms with van der Waals surface area (Å²) >= 11 is 6.13. The predicted octanol–water partition coefficient (Wildman–Crippen LogP) is 1.73. The topological polar surface area (TPSA) is 109 Å². The Hall–Kier alpha value is -2.58. The highest BCUT2D eigenvalue weighted by atomic mass is 35.5. The maximum absolute atomic E-state index is 11.9. The number of aromatic nitrogens is 2. The first-order valence-corrected chi connectivity index (χ1v) is 7.79. The van der Waals surface area contributed by atoms with Crippen LogP contribution in [0.3, 0.4) is 0 Å². The van der Waals surface area contributed by atoms with Crippen molar-refractivity contribution >= 4 is 23.8 Å². The van der Waals surface area contributed by atoms with E-state index in [1.165, 1.54) is 20.4 Å². The predicted molar refractivity (Wildman–Crippen MR) is 96.2 cm³/mol. The first-order chi connectivity index (χ1) is 12.0. The molecule has 134 valence electrons. The van der Waals surface area contributed by atoms with E-state index in [9.17, 15) is 4.79 Å². The normalized spacial score (nSPS) is 10.9. The second kappa shape index (κ2) is 8.50. The van der Waals surface area contributed by atoms with Gasteiger partial charge in [-0.2, -0.15) is 5.10 Å². The van der Waals surface area contributed by atoms with Crippen LogP contribution in [0.4, 0.5) is 5.95 Å². The zero-order valence-electron chi connectivity index (χ0n) is 14.1. The van der Waals surface area contributed by atoms with Crippen LogP contribution >= 0.6 is 11.6 Å². The van der Waals surface area contributed by atoms with Crippen LogP contribution in [0.25, 0.3) is 0 Å². The molecule has 1 heterocycles. The minimum Gasteiger partial charge on any atom is -0.493 e. The molecule has 0 radical (unpaired) electrons. The number of aromatic amines is 1. The van der Waals surface area contributed by atoms with Gasteiger partial charge < -0.3 is 14.6 Å². The molecular formula is C16H19ClN4O4. The SMILES string of the molecule is COc1cc(/C=N\Nc2nc(C)c(CCO)c(=O)[nH]2)cc(Cl)c1OC. The number of halogens is 1. The number of aliphatic hydroxyl groups is 1. The molecule has 0 atom stereocenters. The third-order valence-corrected chi connectivity index (χ3v) is 3.70. The summed E-state index contributed by atoms with van der Waals surface area (Å²) < 4.78 is 10.4. The lowest BCUT2D eigenvalue weighted by Gasteiger charge is -2.10. The molecule has 1 aromatic carbocycles. The number of H-pyrrole nitrogens is 1. The minimum atomic E-state index is -0.312. The molecule has 2 rings (SSSR count). The standard InChI is InChI=1S/C16H19ClN4O4/c1-9-11(4-5-22)15(23)20-16(19-9)21-18-8-10-6-12(17)14(25-3)13(7-10)24-2/h6-8,22H,4-5H2,1-3H3,(H2,19,20,21,23)/b18-8-. The Morgan fingerprint density at radius 1 is 1.40 bits per heavy atom. The number of rotatable bonds is 7. The van der Waals surface area contributed by atoms with Crippen molar-refractivity contribution in [1.82, 2.24) is 9.97 Å². The number of nitrogens with one attached hydrogen (secondary N) is 2. The van der Waals surface area contributed by atoms with Gasteiger partial charge in [-0.1, -0.05) is 11.6 Å². The fourth-order valence-corrected chi connectivity index (χ4v) is 2.55. The molecule has 2 aromatic rings. The number of aliphatic hydroxyl groups excluding tert-OH is 1. The average Bonchev–Trinajstić information content (AvgIpc) is 2.57. The van der Waals surface area contributed by atoms with Crippen LogP contribution in [-0.4, -0.2) is 42.1 Å². The molecule has 0 bridgehead atoms. The molecule has 0 amide bonds. The summed E-state index contributed by atoms with van der Waals surface area (Å²) in [6.45, 7) is 1.58. The van der Waals surface area contributed by atoms with Crippen molar-refractivity contribution in [2.45, 2.75) is 13.3 Å². The highest BCUT2D eigenvalue weighted by Gasteiger charge is 2.10. The molecular weight excluding hydrogens is 348 g/mol. The summed E-state index contributed by atoms with van der Waals surface area (Å²) in [6, 6.07) is 3.38. The van der Waals surface area contributed by atoms with Gasteiger partial charge in [0.05, 0.1) is 31.2 Å². The van der Waals surface area contributed by atoms with E-state index < -0.39 is 0 Å². The summed E-state index contributed by atoms with van der Waals surface area (Å²) in [6.07, 6.45) is 1.76. The number of hydrogen-bond acceptors (Lipinski definition) is 7. The third kappa shape index (κ3) is 4.49. The zero-order valence-corrected chi connectivity index (χ0v) is 14.8. The maximum Gasteiger partial charge on any atom is 0.255 e. The van der Waals surface area contributed by atoms with Crippen LogP contribution in [0.2, 0.25) is 5.02 Å². The third-order valence-electron chi connectivity index (χ3n) is 3.42. The Balaban J connectivity index is 2.19. The summed E-state index contributed by atoms with van der Waals surface area (Å²) in [5.74, 6) is 1.12. The van der Waals surface area contributed by atoms with E-state index in [0.29, 0.717) is 33.3 Å². The fraction of sp³-hybridized carbons (Fsp3) is 0.312. The van der Waals surface area contributed by atoms with Crippen LogP contribution in [0.1, 0.15) is 16.8 Å². The Bertz CT molecular complexity index is 836. The lowest BCUT2D eigenvalue weighted by atomic mass is 10.2. The summed E-state index contributed by atoms with van der Waals surface area (Å²) in [5.41, 5.74) is 4.00. The van der Waals surface area contributed by atoms with Gasteiger partial charge in [0.15, 0.2) is 11.5 Å². The molecule has 0 aliphatic rings. The monoisotopic (exact) mass is 366 g/mol. The zero-order chi connectivity index (χ0) is 18.4. The Morgan fingerprint density at radius 2 is 2.16 bits per heavy atom. The number of hydrogen-bond donors (Lipinski definition) is 3. The molecule has 0 aliphatic heterocycles. The molecule has 9 heteroatoms. The van der Waals surface area contributed by atoms with Crippen molar-refractivity contribution < 1.29 is 14.6 Å². The lowest BCUT2D eigenvalue weighted by molar-refractivity contribution is 0.298. The highest BCUT2D eigenvalue weighted by molar-refractivity contribution is 6.32. The van der Waals surface area contributed by atoms with Crippen LogP contribution in [0.5, 0.6) is 11.5 Å². The van der Waals surface area contributed by atoms with E-state index in [4.69, 9.17) is 26.2 Å². The van der Waals surface area contributed by atoms with E-state index in [2.05, 4.69) is 20.5 Å². The number of hydrazone groups is 1. The molecule has 0 saturated heterocycles. The van der Waals surface area contributed by atoms with Gasteiger partial charge in [0.1, 0.15) is 0 Å².